The van der Waals surface area contributed by atoms with Crippen molar-refractivity contribution in [3.63, 3.8) is 0 Å². The Balaban J connectivity index is 1.52. The van der Waals surface area contributed by atoms with Gasteiger partial charge in [0.25, 0.3) is 0 Å². The summed E-state index contributed by atoms with van der Waals surface area (Å²) in [6.07, 6.45) is -0.00552. The van der Waals surface area contributed by atoms with Crippen molar-refractivity contribution >= 4 is 23.2 Å². The summed E-state index contributed by atoms with van der Waals surface area (Å²) in [5.74, 6) is -0.406. The van der Waals surface area contributed by atoms with Gasteiger partial charge in [0.2, 0.25) is 11.8 Å². The summed E-state index contributed by atoms with van der Waals surface area (Å²) in [7, 11) is 3.02. The Hall–Kier alpha value is -4.02. The van der Waals surface area contributed by atoms with Crippen LogP contribution in [0.1, 0.15) is 12.2 Å². The average molecular weight is 440 g/mol. The number of hydrogen-bond donors (Lipinski definition) is 1. The fraction of sp³-hybridized carbons (Fsp3) is 0.286. The number of aromatic nitrogens is 4. The van der Waals surface area contributed by atoms with Gasteiger partial charge >= 0.3 is 0 Å². The Morgan fingerprint density at radius 3 is 2.69 bits per heavy atom. The molecule has 4 rings (SSSR count). The van der Waals surface area contributed by atoms with E-state index in [0.717, 1.165) is 0 Å². The zero-order chi connectivity index (χ0) is 22.8. The molecule has 1 fully saturated rings. The number of carbonyl (C=O) groups is 2. The lowest BCUT2D eigenvalue weighted by molar-refractivity contribution is -0.122. The second-order valence-electron chi connectivity index (χ2n) is 7.23. The predicted octanol–water partition coefficient (Wildman–Crippen LogP) is 2.12. The number of halogens is 1. The summed E-state index contributed by atoms with van der Waals surface area (Å²) in [6.45, 7) is 1.84. The molecule has 0 saturated carbocycles. The molecule has 2 amide bonds. The molecule has 11 heteroatoms. The van der Waals surface area contributed by atoms with E-state index in [1.54, 1.807) is 25.1 Å². The van der Waals surface area contributed by atoms with Crippen molar-refractivity contribution in [2.75, 3.05) is 31.0 Å². The molecular weight excluding hydrogens is 419 g/mol. The number of amides is 2. The van der Waals surface area contributed by atoms with Crippen LogP contribution in [0.5, 0.6) is 11.5 Å². The van der Waals surface area contributed by atoms with Crippen LogP contribution in [-0.2, 0) is 9.59 Å². The van der Waals surface area contributed by atoms with E-state index in [2.05, 4.69) is 20.8 Å². The molecule has 0 bridgehead atoms. The van der Waals surface area contributed by atoms with E-state index in [9.17, 15) is 14.0 Å². The largest absolute Gasteiger partial charge is 0.497 e. The lowest BCUT2D eigenvalue weighted by atomic mass is 10.1. The van der Waals surface area contributed by atoms with Gasteiger partial charge in [0.1, 0.15) is 17.3 Å². The van der Waals surface area contributed by atoms with Crippen LogP contribution in [0, 0.1) is 18.7 Å². The third-order valence-electron chi connectivity index (χ3n) is 5.25. The standard InChI is InChI=1S/C21H21FN6O4/c1-12-24-25-26-28(12)14-4-6-16(22)17(9-14)23-21(30)13-8-20(29)27(11-13)18-7-5-15(31-2)10-19(18)32-3/h4-7,9-10,13H,8,11H2,1-3H3,(H,23,30). The van der Waals surface area contributed by atoms with Crippen LogP contribution >= 0.6 is 0 Å². The molecule has 1 aromatic heterocycles. The van der Waals surface area contributed by atoms with Gasteiger partial charge in [-0.05, 0) is 47.7 Å². The van der Waals surface area contributed by atoms with Crippen LogP contribution in [-0.4, -0.2) is 52.8 Å². The third-order valence-corrected chi connectivity index (χ3v) is 5.25. The molecule has 0 spiro atoms. The SMILES string of the molecule is COc1ccc(N2CC(C(=O)Nc3cc(-n4nnnc4C)ccc3F)CC2=O)c(OC)c1. The number of nitrogens with one attached hydrogen (secondary N) is 1. The van der Waals surface area contributed by atoms with Crippen molar-refractivity contribution in [1.29, 1.82) is 0 Å². The highest BCUT2D eigenvalue weighted by Crippen LogP contribution is 2.36. The van der Waals surface area contributed by atoms with Crippen molar-refractivity contribution in [3.05, 3.63) is 48.0 Å². The van der Waals surface area contributed by atoms with Crippen molar-refractivity contribution in [2.24, 2.45) is 5.92 Å². The molecule has 3 aromatic rings. The number of tetrazole rings is 1. The predicted molar refractivity (Wildman–Crippen MR) is 112 cm³/mol. The normalized spacial score (nSPS) is 15.7. The Bertz CT molecular complexity index is 1180. The summed E-state index contributed by atoms with van der Waals surface area (Å²) in [6, 6.07) is 9.24. The summed E-state index contributed by atoms with van der Waals surface area (Å²) >= 11 is 0. The molecule has 0 radical (unpaired) electrons. The monoisotopic (exact) mass is 440 g/mol. The second kappa shape index (κ2) is 8.61. The fourth-order valence-electron chi connectivity index (χ4n) is 3.57. The number of carbonyl (C=O) groups excluding carboxylic acids is 2. The Morgan fingerprint density at radius 1 is 1.19 bits per heavy atom. The van der Waals surface area contributed by atoms with Gasteiger partial charge in [0.05, 0.1) is 37.2 Å². The van der Waals surface area contributed by atoms with E-state index in [-0.39, 0.29) is 24.6 Å². The first-order chi connectivity index (χ1) is 15.4. The minimum Gasteiger partial charge on any atom is -0.497 e. The van der Waals surface area contributed by atoms with Gasteiger partial charge in [-0.2, -0.15) is 4.68 Å². The van der Waals surface area contributed by atoms with Gasteiger partial charge in [-0.25, -0.2) is 4.39 Å². The van der Waals surface area contributed by atoms with Gasteiger partial charge < -0.3 is 19.7 Å². The highest BCUT2D eigenvalue weighted by atomic mass is 19.1. The zero-order valence-electron chi connectivity index (χ0n) is 17.7. The van der Waals surface area contributed by atoms with Crippen LogP contribution in [0.3, 0.4) is 0 Å². The van der Waals surface area contributed by atoms with E-state index < -0.39 is 17.6 Å². The average Bonchev–Trinajstić information content (AvgIpc) is 3.40. The first-order valence-electron chi connectivity index (χ1n) is 9.79. The van der Waals surface area contributed by atoms with E-state index in [0.29, 0.717) is 28.7 Å². The number of benzene rings is 2. The molecule has 1 N–H and O–H groups in total. The first-order valence-corrected chi connectivity index (χ1v) is 9.79. The van der Waals surface area contributed by atoms with E-state index in [1.807, 2.05) is 0 Å². The molecule has 1 aliphatic heterocycles. The molecule has 2 heterocycles. The molecule has 0 aliphatic carbocycles. The van der Waals surface area contributed by atoms with E-state index >= 15 is 0 Å². The molecule has 1 aliphatic rings. The van der Waals surface area contributed by atoms with Gasteiger partial charge in [0.15, 0.2) is 5.82 Å². The minimum atomic E-state index is -0.660. The maximum Gasteiger partial charge on any atom is 0.229 e. The van der Waals surface area contributed by atoms with Crippen LogP contribution in [0.15, 0.2) is 36.4 Å². The second-order valence-corrected chi connectivity index (χ2v) is 7.23. The Kier molecular flexibility index (Phi) is 5.71. The third kappa shape index (κ3) is 3.96. The lowest BCUT2D eigenvalue weighted by Crippen LogP contribution is -2.28. The van der Waals surface area contributed by atoms with Crippen molar-refractivity contribution in [3.8, 4) is 17.2 Å². The molecular formula is C21H21FN6O4. The van der Waals surface area contributed by atoms with Crippen molar-refractivity contribution < 1.29 is 23.5 Å². The van der Waals surface area contributed by atoms with Crippen LogP contribution in [0.2, 0.25) is 0 Å². The van der Waals surface area contributed by atoms with Crippen molar-refractivity contribution in [1.82, 2.24) is 20.2 Å². The Labute approximate surface area is 182 Å². The molecule has 32 heavy (non-hydrogen) atoms. The lowest BCUT2D eigenvalue weighted by Gasteiger charge is -2.20. The van der Waals surface area contributed by atoms with Gasteiger partial charge in [-0.1, -0.05) is 0 Å². The first kappa shape index (κ1) is 21.2. The fourth-order valence-corrected chi connectivity index (χ4v) is 3.57. The number of rotatable bonds is 6. The molecule has 1 unspecified atom stereocenters. The van der Waals surface area contributed by atoms with Gasteiger partial charge in [0, 0.05) is 19.0 Å². The Morgan fingerprint density at radius 2 is 2.00 bits per heavy atom. The topological polar surface area (TPSA) is 111 Å². The summed E-state index contributed by atoms with van der Waals surface area (Å²) in [4.78, 5) is 27.0. The van der Waals surface area contributed by atoms with Gasteiger partial charge in [-0.3, -0.25) is 9.59 Å². The number of methoxy groups -OCH3 is 2. The number of anilines is 2. The number of ether oxygens (including phenoxy) is 2. The van der Waals surface area contributed by atoms with E-state index in [1.165, 1.54) is 42.0 Å². The van der Waals surface area contributed by atoms with Crippen LogP contribution < -0.4 is 19.7 Å². The summed E-state index contributed by atoms with van der Waals surface area (Å²) < 4.78 is 26.3. The molecule has 10 nitrogen and oxygen atoms in total. The van der Waals surface area contributed by atoms with E-state index in [4.69, 9.17) is 9.47 Å². The molecule has 1 saturated heterocycles. The zero-order valence-corrected chi connectivity index (χ0v) is 17.7. The van der Waals surface area contributed by atoms with Crippen LogP contribution in [0.25, 0.3) is 5.69 Å². The summed E-state index contributed by atoms with van der Waals surface area (Å²) in [5.41, 5.74) is 1.02. The maximum atomic E-state index is 14.4. The number of hydrogen-bond acceptors (Lipinski definition) is 7. The number of nitrogens with zero attached hydrogens (tertiary/aromatic N) is 5. The highest BCUT2D eigenvalue weighted by Gasteiger charge is 2.36. The number of aryl methyl sites for hydroxylation is 1. The van der Waals surface area contributed by atoms with Crippen molar-refractivity contribution in [2.45, 2.75) is 13.3 Å². The molecule has 2 aromatic carbocycles. The quantitative estimate of drug-likeness (QED) is 0.625. The maximum absolute atomic E-state index is 14.4. The molecule has 166 valence electrons. The molecule has 1 atom stereocenters. The highest BCUT2D eigenvalue weighted by molar-refractivity contribution is 6.04. The summed E-state index contributed by atoms with van der Waals surface area (Å²) in [5, 5.41) is 13.8. The minimum absolute atomic E-state index is 0.00552. The van der Waals surface area contributed by atoms with Gasteiger partial charge in [-0.15, -0.1) is 5.10 Å². The van der Waals surface area contributed by atoms with Crippen LogP contribution in [0.4, 0.5) is 15.8 Å². The smallest absolute Gasteiger partial charge is 0.229 e.